The molecule has 1 atom stereocenters. The van der Waals surface area contributed by atoms with Crippen LogP contribution in [0, 0.1) is 0 Å². The van der Waals surface area contributed by atoms with Gasteiger partial charge in [-0.3, -0.25) is 9.59 Å². The summed E-state index contributed by atoms with van der Waals surface area (Å²) in [4.78, 5) is 30.9. The standard InChI is InChI=1S/C16H20N4O2S/c1-2-9-20-14(21)7-6-12(18-20)16(22)19-10-4-3-5-13(19)15-17-8-11-23-15/h6-8,11,13H,2-5,9-10H2,1H3. The lowest BCUT2D eigenvalue weighted by molar-refractivity contribution is 0.0602. The Morgan fingerprint density at radius 2 is 2.26 bits per heavy atom. The molecule has 0 bridgehead atoms. The van der Waals surface area contributed by atoms with Crippen LogP contribution in [0.15, 0.2) is 28.5 Å². The second-order valence-corrected chi connectivity index (χ2v) is 6.59. The highest BCUT2D eigenvalue weighted by Gasteiger charge is 2.31. The Balaban J connectivity index is 1.88. The monoisotopic (exact) mass is 332 g/mol. The smallest absolute Gasteiger partial charge is 0.274 e. The maximum absolute atomic E-state index is 12.9. The molecule has 0 saturated carbocycles. The summed E-state index contributed by atoms with van der Waals surface area (Å²) in [5, 5.41) is 7.16. The van der Waals surface area contributed by atoms with Gasteiger partial charge in [-0.1, -0.05) is 6.92 Å². The summed E-state index contributed by atoms with van der Waals surface area (Å²) in [6.45, 7) is 3.21. The van der Waals surface area contributed by atoms with E-state index in [0.29, 0.717) is 18.8 Å². The molecule has 0 aliphatic carbocycles. The van der Waals surface area contributed by atoms with Gasteiger partial charge in [-0.15, -0.1) is 11.3 Å². The van der Waals surface area contributed by atoms with Crippen LogP contribution in [-0.4, -0.2) is 32.1 Å². The first-order valence-electron chi connectivity index (χ1n) is 7.99. The molecule has 1 saturated heterocycles. The SMILES string of the molecule is CCCn1nc(C(=O)N2CCCCC2c2nccs2)ccc1=O. The highest BCUT2D eigenvalue weighted by Crippen LogP contribution is 2.32. The van der Waals surface area contributed by atoms with Gasteiger partial charge in [0.05, 0.1) is 6.04 Å². The van der Waals surface area contributed by atoms with E-state index >= 15 is 0 Å². The van der Waals surface area contributed by atoms with Crippen LogP contribution in [0.1, 0.15) is 54.1 Å². The highest BCUT2D eigenvalue weighted by atomic mass is 32.1. The molecule has 0 radical (unpaired) electrons. The van der Waals surface area contributed by atoms with Gasteiger partial charge >= 0.3 is 0 Å². The lowest BCUT2D eigenvalue weighted by atomic mass is 10.0. The fourth-order valence-corrected chi connectivity index (χ4v) is 3.70. The lowest BCUT2D eigenvalue weighted by Crippen LogP contribution is -2.39. The number of carbonyl (C=O) groups is 1. The van der Waals surface area contributed by atoms with E-state index in [2.05, 4.69) is 10.1 Å². The maximum atomic E-state index is 12.9. The topological polar surface area (TPSA) is 68.1 Å². The Morgan fingerprint density at radius 3 is 3.00 bits per heavy atom. The Hall–Kier alpha value is -2.02. The molecule has 2 aromatic rings. The van der Waals surface area contributed by atoms with Crippen molar-refractivity contribution in [1.29, 1.82) is 0 Å². The number of nitrogens with zero attached hydrogens (tertiary/aromatic N) is 4. The summed E-state index contributed by atoms with van der Waals surface area (Å²) in [6.07, 6.45) is 5.58. The Morgan fingerprint density at radius 1 is 1.39 bits per heavy atom. The minimum Gasteiger partial charge on any atom is -0.328 e. The van der Waals surface area contributed by atoms with Crippen molar-refractivity contribution in [2.45, 2.75) is 45.2 Å². The number of aromatic nitrogens is 3. The van der Waals surface area contributed by atoms with Gasteiger partial charge in [-0.05, 0) is 31.7 Å². The third-order valence-electron chi connectivity index (χ3n) is 4.02. The maximum Gasteiger partial charge on any atom is 0.274 e. The molecule has 1 aliphatic rings. The van der Waals surface area contributed by atoms with Gasteiger partial charge in [0, 0.05) is 30.7 Å². The zero-order chi connectivity index (χ0) is 16.2. The van der Waals surface area contributed by atoms with Crippen LogP contribution in [0.2, 0.25) is 0 Å². The first-order valence-corrected chi connectivity index (χ1v) is 8.87. The number of rotatable bonds is 4. The average molecular weight is 332 g/mol. The molecular weight excluding hydrogens is 312 g/mol. The molecule has 1 aliphatic heterocycles. The predicted molar refractivity (Wildman–Crippen MR) is 88.5 cm³/mol. The first kappa shape index (κ1) is 15.9. The van der Waals surface area contributed by atoms with Crippen LogP contribution >= 0.6 is 11.3 Å². The van der Waals surface area contributed by atoms with Gasteiger partial charge < -0.3 is 4.90 Å². The first-order chi connectivity index (χ1) is 11.2. The number of hydrogen-bond acceptors (Lipinski definition) is 5. The number of carbonyl (C=O) groups excluding carboxylic acids is 1. The number of amides is 1. The van der Waals surface area contributed by atoms with Gasteiger partial charge in [0.25, 0.3) is 11.5 Å². The van der Waals surface area contributed by atoms with E-state index < -0.39 is 0 Å². The van der Waals surface area contributed by atoms with Crippen molar-refractivity contribution in [3.63, 3.8) is 0 Å². The fraction of sp³-hybridized carbons (Fsp3) is 0.500. The van der Waals surface area contributed by atoms with Gasteiger partial charge in [0.15, 0.2) is 0 Å². The van der Waals surface area contributed by atoms with E-state index in [0.717, 1.165) is 30.7 Å². The van der Waals surface area contributed by atoms with Crippen LogP contribution < -0.4 is 5.56 Å². The van der Waals surface area contributed by atoms with Crippen molar-refractivity contribution in [2.75, 3.05) is 6.54 Å². The van der Waals surface area contributed by atoms with E-state index in [1.807, 2.05) is 17.2 Å². The third kappa shape index (κ3) is 3.34. The Bertz CT molecular complexity index is 726. The van der Waals surface area contributed by atoms with Crippen molar-refractivity contribution in [1.82, 2.24) is 19.7 Å². The zero-order valence-electron chi connectivity index (χ0n) is 13.1. The second-order valence-electron chi connectivity index (χ2n) is 5.66. The van der Waals surface area contributed by atoms with Crippen LogP contribution in [-0.2, 0) is 6.54 Å². The molecule has 23 heavy (non-hydrogen) atoms. The highest BCUT2D eigenvalue weighted by molar-refractivity contribution is 7.09. The molecule has 0 aromatic carbocycles. The lowest BCUT2D eigenvalue weighted by Gasteiger charge is -2.34. The minimum absolute atomic E-state index is 0.0182. The normalized spacial score (nSPS) is 18.1. The summed E-state index contributed by atoms with van der Waals surface area (Å²) >= 11 is 1.58. The Labute approximate surface area is 138 Å². The molecule has 0 spiro atoms. The third-order valence-corrected chi connectivity index (χ3v) is 4.90. The fourth-order valence-electron chi connectivity index (χ4n) is 2.91. The zero-order valence-corrected chi connectivity index (χ0v) is 14.0. The van der Waals surface area contributed by atoms with E-state index in [4.69, 9.17) is 0 Å². The summed E-state index contributed by atoms with van der Waals surface area (Å²) in [5.74, 6) is -0.116. The van der Waals surface area contributed by atoms with Gasteiger partial charge in [-0.25, -0.2) is 9.67 Å². The number of aryl methyl sites for hydroxylation is 1. The molecule has 1 unspecified atom stereocenters. The van der Waals surface area contributed by atoms with Crippen LogP contribution in [0.4, 0.5) is 0 Å². The Kier molecular flexibility index (Phi) is 4.85. The van der Waals surface area contributed by atoms with Crippen molar-refractivity contribution in [3.8, 4) is 0 Å². The minimum atomic E-state index is -0.168. The van der Waals surface area contributed by atoms with Crippen LogP contribution in [0.25, 0.3) is 0 Å². The molecular formula is C16H20N4O2S. The molecule has 0 N–H and O–H groups in total. The molecule has 7 heteroatoms. The summed E-state index contributed by atoms with van der Waals surface area (Å²) in [7, 11) is 0. The van der Waals surface area contributed by atoms with E-state index in [1.165, 1.54) is 16.8 Å². The van der Waals surface area contributed by atoms with E-state index in [1.54, 1.807) is 17.5 Å². The van der Waals surface area contributed by atoms with Crippen molar-refractivity contribution >= 4 is 17.2 Å². The quantitative estimate of drug-likeness (QED) is 0.862. The molecule has 122 valence electrons. The largest absolute Gasteiger partial charge is 0.328 e. The number of thiazole rings is 1. The molecule has 2 aromatic heterocycles. The van der Waals surface area contributed by atoms with Crippen molar-refractivity contribution < 1.29 is 4.79 Å². The number of hydrogen-bond donors (Lipinski definition) is 0. The molecule has 1 fully saturated rings. The summed E-state index contributed by atoms with van der Waals surface area (Å²) in [6, 6.07) is 2.98. The predicted octanol–water partition coefficient (Wildman–Crippen LogP) is 2.48. The summed E-state index contributed by atoms with van der Waals surface area (Å²) in [5.41, 5.74) is 0.167. The van der Waals surface area contributed by atoms with E-state index in [-0.39, 0.29) is 17.5 Å². The molecule has 6 nitrogen and oxygen atoms in total. The van der Waals surface area contributed by atoms with Crippen molar-refractivity contribution in [2.24, 2.45) is 0 Å². The second kappa shape index (κ2) is 7.04. The molecule has 3 heterocycles. The van der Waals surface area contributed by atoms with E-state index in [9.17, 15) is 9.59 Å². The van der Waals surface area contributed by atoms with Gasteiger partial charge in [0.1, 0.15) is 10.7 Å². The number of likely N-dealkylation sites (tertiary alicyclic amines) is 1. The van der Waals surface area contributed by atoms with Gasteiger partial charge in [-0.2, -0.15) is 5.10 Å². The molecule has 3 rings (SSSR count). The van der Waals surface area contributed by atoms with Crippen molar-refractivity contribution in [3.05, 3.63) is 44.8 Å². The van der Waals surface area contributed by atoms with Crippen LogP contribution in [0.3, 0.4) is 0 Å². The van der Waals surface area contributed by atoms with Gasteiger partial charge in [0.2, 0.25) is 0 Å². The molecule has 1 amide bonds. The summed E-state index contributed by atoms with van der Waals surface area (Å²) < 4.78 is 1.37. The number of piperidine rings is 1. The average Bonchev–Trinajstić information content (AvgIpc) is 3.11. The van der Waals surface area contributed by atoms with Crippen LogP contribution in [0.5, 0.6) is 0 Å².